The molecule has 0 aromatic heterocycles. The highest BCUT2D eigenvalue weighted by Crippen LogP contribution is 2.46. The van der Waals surface area contributed by atoms with Crippen LogP contribution in [-0.2, 0) is 0 Å². The van der Waals surface area contributed by atoms with Crippen molar-refractivity contribution in [1.82, 2.24) is 4.31 Å². The lowest BCUT2D eigenvalue weighted by molar-refractivity contribution is 0.415. The summed E-state index contributed by atoms with van der Waals surface area (Å²) in [6.45, 7) is 0.822. The number of hydrogen-bond acceptors (Lipinski definition) is 3. The Balaban J connectivity index is 2.54. The van der Waals surface area contributed by atoms with Gasteiger partial charge < -0.3 is 0 Å². The molecule has 0 radical (unpaired) electrons. The maximum absolute atomic E-state index is 9.03. The first-order valence-corrected chi connectivity index (χ1v) is 4.27. The zero-order valence-electron chi connectivity index (χ0n) is 4.87. The molecule has 1 heterocycles. The standard InChI is InChI=1S/C4H11NO2S/c1-5-3-2-4-8(5,6)7/h6-7H,2-4H2,1H3. The van der Waals surface area contributed by atoms with Gasteiger partial charge in [0.05, 0.1) is 5.75 Å². The summed E-state index contributed by atoms with van der Waals surface area (Å²) >= 11 is 0. The SMILES string of the molecule is CN1CCCS1(O)O. The maximum atomic E-state index is 9.03. The van der Waals surface area contributed by atoms with Gasteiger partial charge in [0.2, 0.25) is 0 Å². The molecule has 0 aromatic carbocycles. The molecule has 1 fully saturated rings. The Kier molecular flexibility index (Phi) is 1.49. The average Bonchev–Trinajstić information content (AvgIpc) is 1.86. The summed E-state index contributed by atoms with van der Waals surface area (Å²) in [4.78, 5) is 0. The van der Waals surface area contributed by atoms with Gasteiger partial charge in [0.15, 0.2) is 0 Å². The van der Waals surface area contributed by atoms with Crippen molar-refractivity contribution in [2.75, 3.05) is 19.3 Å². The van der Waals surface area contributed by atoms with Crippen molar-refractivity contribution in [2.24, 2.45) is 0 Å². The first kappa shape index (κ1) is 6.35. The molecular weight excluding hydrogens is 126 g/mol. The van der Waals surface area contributed by atoms with E-state index in [4.69, 9.17) is 9.11 Å². The molecule has 1 rings (SSSR count). The smallest absolute Gasteiger partial charge is 0.0543 e. The minimum Gasteiger partial charge on any atom is -0.285 e. The lowest BCUT2D eigenvalue weighted by atomic mass is 10.5. The Hall–Kier alpha value is 0.230. The topological polar surface area (TPSA) is 43.7 Å². The van der Waals surface area contributed by atoms with Crippen LogP contribution in [0.4, 0.5) is 0 Å². The number of hydrogen-bond donors (Lipinski definition) is 2. The molecule has 0 amide bonds. The summed E-state index contributed by atoms with van der Waals surface area (Å²) in [5.74, 6) is 0.559. The third kappa shape index (κ3) is 0.974. The molecule has 4 heteroatoms. The van der Waals surface area contributed by atoms with Gasteiger partial charge in [-0.25, -0.2) is 4.31 Å². The van der Waals surface area contributed by atoms with E-state index in [0.717, 1.165) is 13.0 Å². The number of nitrogens with zero attached hydrogens (tertiary/aromatic N) is 1. The van der Waals surface area contributed by atoms with Crippen LogP contribution in [0.3, 0.4) is 0 Å². The van der Waals surface area contributed by atoms with Crippen LogP contribution in [0.2, 0.25) is 0 Å². The Morgan fingerprint density at radius 2 is 2.12 bits per heavy atom. The fraction of sp³-hybridized carbons (Fsp3) is 1.00. The third-order valence-corrected chi connectivity index (χ3v) is 3.41. The van der Waals surface area contributed by atoms with E-state index < -0.39 is 10.8 Å². The molecule has 1 saturated heterocycles. The normalized spacial score (nSPS) is 32.9. The molecule has 50 valence electrons. The molecule has 0 unspecified atom stereocenters. The van der Waals surface area contributed by atoms with Crippen LogP contribution in [0.15, 0.2) is 0 Å². The minimum absolute atomic E-state index is 0.559. The Labute approximate surface area is 50.8 Å². The van der Waals surface area contributed by atoms with Crippen molar-refractivity contribution in [2.45, 2.75) is 6.42 Å². The second-order valence-electron chi connectivity index (χ2n) is 2.04. The largest absolute Gasteiger partial charge is 0.285 e. The van der Waals surface area contributed by atoms with E-state index in [1.165, 1.54) is 0 Å². The fourth-order valence-corrected chi connectivity index (χ4v) is 2.03. The third-order valence-electron chi connectivity index (χ3n) is 1.39. The highest BCUT2D eigenvalue weighted by molar-refractivity contribution is 8.22. The van der Waals surface area contributed by atoms with E-state index in [1.54, 1.807) is 11.4 Å². The van der Waals surface area contributed by atoms with Gasteiger partial charge in [-0.2, -0.15) is 0 Å². The molecule has 2 N–H and O–H groups in total. The Bertz CT molecular complexity index is 96.0. The van der Waals surface area contributed by atoms with Crippen LogP contribution >= 0.6 is 10.8 Å². The molecule has 0 bridgehead atoms. The van der Waals surface area contributed by atoms with Crippen molar-refractivity contribution in [3.63, 3.8) is 0 Å². The van der Waals surface area contributed by atoms with Gasteiger partial charge in [-0.05, 0) is 6.42 Å². The van der Waals surface area contributed by atoms with Crippen molar-refractivity contribution in [3.8, 4) is 0 Å². The van der Waals surface area contributed by atoms with Crippen LogP contribution in [0, 0.1) is 0 Å². The van der Waals surface area contributed by atoms with Crippen molar-refractivity contribution in [1.29, 1.82) is 0 Å². The molecule has 1 aliphatic heterocycles. The number of rotatable bonds is 0. The minimum atomic E-state index is -2.29. The second-order valence-corrected chi connectivity index (χ2v) is 4.34. The summed E-state index contributed by atoms with van der Waals surface area (Å²) in [6, 6.07) is 0. The van der Waals surface area contributed by atoms with Gasteiger partial charge in [-0.15, -0.1) is 10.8 Å². The van der Waals surface area contributed by atoms with E-state index in [2.05, 4.69) is 0 Å². The quantitative estimate of drug-likeness (QED) is 0.523. The molecule has 3 nitrogen and oxygen atoms in total. The Morgan fingerprint density at radius 1 is 1.50 bits per heavy atom. The van der Waals surface area contributed by atoms with Gasteiger partial charge in [0.1, 0.15) is 0 Å². The fourth-order valence-electron chi connectivity index (χ4n) is 0.783. The monoisotopic (exact) mass is 137 g/mol. The lowest BCUT2D eigenvalue weighted by Crippen LogP contribution is -2.16. The van der Waals surface area contributed by atoms with E-state index in [0.29, 0.717) is 5.75 Å². The first-order chi connectivity index (χ1) is 3.63. The van der Waals surface area contributed by atoms with Crippen LogP contribution in [0.5, 0.6) is 0 Å². The van der Waals surface area contributed by atoms with E-state index in [9.17, 15) is 0 Å². The molecule has 0 saturated carbocycles. The zero-order chi connectivity index (χ0) is 6.20. The highest BCUT2D eigenvalue weighted by atomic mass is 32.3. The van der Waals surface area contributed by atoms with Gasteiger partial charge >= 0.3 is 0 Å². The molecular formula is C4H11NO2S. The maximum Gasteiger partial charge on any atom is 0.0543 e. The van der Waals surface area contributed by atoms with Crippen LogP contribution in [-0.4, -0.2) is 32.8 Å². The highest BCUT2D eigenvalue weighted by Gasteiger charge is 2.24. The summed E-state index contributed by atoms with van der Waals surface area (Å²) in [5.41, 5.74) is 0. The molecule has 0 spiro atoms. The molecule has 0 aromatic rings. The average molecular weight is 137 g/mol. The summed E-state index contributed by atoms with van der Waals surface area (Å²) in [6.07, 6.45) is 0.916. The summed E-state index contributed by atoms with van der Waals surface area (Å²) in [7, 11) is -0.553. The van der Waals surface area contributed by atoms with Crippen LogP contribution in [0.25, 0.3) is 0 Å². The van der Waals surface area contributed by atoms with Crippen LogP contribution < -0.4 is 0 Å². The second kappa shape index (κ2) is 1.88. The molecule has 1 aliphatic rings. The predicted molar refractivity (Wildman–Crippen MR) is 35.0 cm³/mol. The summed E-state index contributed by atoms with van der Waals surface area (Å²) < 4.78 is 19.7. The van der Waals surface area contributed by atoms with Crippen molar-refractivity contribution < 1.29 is 9.11 Å². The zero-order valence-corrected chi connectivity index (χ0v) is 5.69. The lowest BCUT2D eigenvalue weighted by Gasteiger charge is -2.33. The van der Waals surface area contributed by atoms with Gasteiger partial charge in [-0.3, -0.25) is 9.11 Å². The predicted octanol–water partition coefficient (Wildman–Crippen LogP) is 0.988. The first-order valence-electron chi connectivity index (χ1n) is 2.60. The molecule has 0 aliphatic carbocycles. The molecule has 0 atom stereocenters. The van der Waals surface area contributed by atoms with Gasteiger partial charge in [0, 0.05) is 13.6 Å². The van der Waals surface area contributed by atoms with E-state index in [-0.39, 0.29) is 0 Å². The molecule has 8 heavy (non-hydrogen) atoms. The van der Waals surface area contributed by atoms with E-state index in [1.807, 2.05) is 0 Å². The van der Waals surface area contributed by atoms with E-state index >= 15 is 0 Å². The van der Waals surface area contributed by atoms with Crippen molar-refractivity contribution >= 4 is 10.8 Å². The van der Waals surface area contributed by atoms with Gasteiger partial charge in [-0.1, -0.05) is 0 Å². The van der Waals surface area contributed by atoms with Crippen LogP contribution in [0.1, 0.15) is 6.42 Å². The van der Waals surface area contributed by atoms with Crippen molar-refractivity contribution in [3.05, 3.63) is 0 Å². The summed E-state index contributed by atoms with van der Waals surface area (Å²) in [5, 5.41) is 0. The van der Waals surface area contributed by atoms with Gasteiger partial charge in [0.25, 0.3) is 0 Å². The Morgan fingerprint density at radius 3 is 2.25 bits per heavy atom.